The summed E-state index contributed by atoms with van der Waals surface area (Å²) in [5, 5.41) is 3.57. The summed E-state index contributed by atoms with van der Waals surface area (Å²) in [6.07, 6.45) is 0.597. The van der Waals surface area contributed by atoms with Gasteiger partial charge in [0.1, 0.15) is 22.6 Å². The number of nitrogens with one attached hydrogen (secondary N) is 2. The van der Waals surface area contributed by atoms with Gasteiger partial charge in [0, 0.05) is 19.8 Å². The number of amides is 2. The van der Waals surface area contributed by atoms with Crippen molar-refractivity contribution in [1.29, 1.82) is 0 Å². The summed E-state index contributed by atoms with van der Waals surface area (Å²) in [5.41, 5.74) is 0.911. The van der Waals surface area contributed by atoms with Crippen LogP contribution in [-0.4, -0.2) is 60.3 Å². The number of alkyl carbamates (subject to hydrolysis) is 1. The lowest BCUT2D eigenvalue weighted by molar-refractivity contribution is -0.138. The van der Waals surface area contributed by atoms with Crippen LogP contribution in [0.2, 0.25) is 0 Å². The zero-order valence-corrected chi connectivity index (χ0v) is 22.8. The lowest BCUT2D eigenvalue weighted by Crippen LogP contribution is -2.41. The lowest BCUT2D eigenvalue weighted by atomic mass is 9.99. The fraction of sp³-hybridized carbons (Fsp3) is 0.538. The van der Waals surface area contributed by atoms with E-state index in [-0.39, 0.29) is 12.2 Å². The fourth-order valence-electron chi connectivity index (χ4n) is 2.81. The van der Waals surface area contributed by atoms with Gasteiger partial charge in [0.15, 0.2) is 0 Å². The molecule has 1 rings (SSSR count). The van der Waals surface area contributed by atoms with Gasteiger partial charge in [-0.2, -0.15) is 0 Å². The van der Waals surface area contributed by atoms with E-state index in [2.05, 4.69) is 10.7 Å². The molecule has 0 unspecified atom stereocenters. The summed E-state index contributed by atoms with van der Waals surface area (Å²) in [5.74, 6) is -2.73. The first kappa shape index (κ1) is 31.4. The van der Waals surface area contributed by atoms with E-state index in [4.69, 9.17) is 14.2 Å². The second-order valence-electron chi connectivity index (χ2n) is 10.1. The summed E-state index contributed by atoms with van der Waals surface area (Å²) in [4.78, 5) is 49.5. The zero-order chi connectivity index (χ0) is 28.4. The SMILES string of the molecule is CCOC(=O)C(=CNN(C)C(=O)OC(C)(C)C)C(=O)c1cc(CCCNC(=O)OC(C)(C)C)ccc1F. The van der Waals surface area contributed by atoms with Crippen molar-refractivity contribution in [3.63, 3.8) is 0 Å². The predicted octanol–water partition coefficient (Wildman–Crippen LogP) is 4.28. The molecule has 0 heterocycles. The Morgan fingerprint density at radius 1 is 1.03 bits per heavy atom. The van der Waals surface area contributed by atoms with Crippen molar-refractivity contribution in [3.8, 4) is 0 Å². The molecule has 0 aliphatic carbocycles. The van der Waals surface area contributed by atoms with Gasteiger partial charge in [-0.15, -0.1) is 0 Å². The summed E-state index contributed by atoms with van der Waals surface area (Å²) in [6, 6.07) is 3.99. The standard InChI is InChI=1S/C26H38FN3O7/c1-9-35-22(32)19(16-29-30(8)24(34)37-26(5,6)7)21(31)18-15-17(12-13-20(18)27)11-10-14-28-23(33)36-25(2,3)4/h12-13,15-16,29H,9-11,14H2,1-8H3,(H,28,33). The Morgan fingerprint density at radius 2 is 1.65 bits per heavy atom. The molecule has 1 aromatic rings. The van der Waals surface area contributed by atoms with Crippen molar-refractivity contribution in [2.75, 3.05) is 20.2 Å². The van der Waals surface area contributed by atoms with Gasteiger partial charge in [-0.3, -0.25) is 10.2 Å². The topological polar surface area (TPSA) is 123 Å². The van der Waals surface area contributed by atoms with Crippen LogP contribution in [0.3, 0.4) is 0 Å². The molecule has 0 saturated heterocycles. The maximum atomic E-state index is 14.6. The number of aryl methyl sites for hydroxylation is 1. The van der Waals surface area contributed by atoms with E-state index in [9.17, 15) is 23.6 Å². The van der Waals surface area contributed by atoms with Gasteiger partial charge in [0.05, 0.1) is 12.2 Å². The number of nitrogens with zero attached hydrogens (tertiary/aromatic N) is 1. The van der Waals surface area contributed by atoms with Crippen molar-refractivity contribution in [1.82, 2.24) is 15.8 Å². The molecule has 0 radical (unpaired) electrons. The largest absolute Gasteiger partial charge is 0.462 e. The number of rotatable bonds is 10. The number of Topliss-reactive ketones (excluding diaryl/α,β-unsaturated/α-hetero) is 1. The molecule has 0 aliphatic heterocycles. The minimum absolute atomic E-state index is 0.0153. The number of ether oxygens (including phenoxy) is 3. The third kappa shape index (κ3) is 11.8. The number of hydrazine groups is 1. The molecule has 0 spiro atoms. The number of halogens is 1. The molecular weight excluding hydrogens is 485 g/mol. The Balaban J connectivity index is 3.00. The number of hydrogen-bond acceptors (Lipinski definition) is 8. The van der Waals surface area contributed by atoms with Crippen molar-refractivity contribution < 1.29 is 37.8 Å². The molecule has 0 saturated carbocycles. The van der Waals surface area contributed by atoms with Crippen molar-refractivity contribution in [3.05, 3.63) is 46.9 Å². The zero-order valence-electron chi connectivity index (χ0n) is 22.8. The van der Waals surface area contributed by atoms with E-state index >= 15 is 0 Å². The molecule has 0 aromatic heterocycles. The van der Waals surface area contributed by atoms with Gasteiger partial charge in [0.2, 0.25) is 5.78 Å². The molecule has 206 valence electrons. The van der Waals surface area contributed by atoms with Crippen LogP contribution in [0.4, 0.5) is 14.0 Å². The molecule has 10 nitrogen and oxygen atoms in total. The van der Waals surface area contributed by atoms with Crippen LogP contribution >= 0.6 is 0 Å². The van der Waals surface area contributed by atoms with E-state index in [0.717, 1.165) is 17.3 Å². The molecule has 0 aliphatic rings. The van der Waals surface area contributed by atoms with E-state index in [1.54, 1.807) is 48.5 Å². The molecular formula is C26H38FN3O7. The number of ketones is 1. The van der Waals surface area contributed by atoms with Crippen LogP contribution in [0, 0.1) is 5.82 Å². The van der Waals surface area contributed by atoms with Crippen LogP contribution in [0.5, 0.6) is 0 Å². The number of carbonyl (C=O) groups excluding carboxylic acids is 4. The Labute approximate surface area is 217 Å². The number of benzene rings is 1. The molecule has 37 heavy (non-hydrogen) atoms. The molecule has 1 aromatic carbocycles. The van der Waals surface area contributed by atoms with E-state index in [1.807, 2.05) is 0 Å². The lowest BCUT2D eigenvalue weighted by Gasteiger charge is -2.24. The monoisotopic (exact) mass is 523 g/mol. The first-order valence-corrected chi connectivity index (χ1v) is 11.9. The van der Waals surface area contributed by atoms with Gasteiger partial charge < -0.3 is 19.5 Å². The average molecular weight is 524 g/mol. The number of hydrogen-bond donors (Lipinski definition) is 2. The van der Waals surface area contributed by atoms with Crippen LogP contribution in [0.25, 0.3) is 0 Å². The van der Waals surface area contributed by atoms with Crippen LogP contribution in [-0.2, 0) is 25.4 Å². The Bertz CT molecular complexity index is 1010. The highest BCUT2D eigenvalue weighted by molar-refractivity contribution is 6.24. The van der Waals surface area contributed by atoms with Crippen LogP contribution in [0.15, 0.2) is 30.0 Å². The maximum Gasteiger partial charge on any atom is 0.428 e. The van der Waals surface area contributed by atoms with Gasteiger partial charge in [-0.1, -0.05) is 6.07 Å². The normalized spacial score (nSPS) is 11.9. The maximum absolute atomic E-state index is 14.6. The molecule has 0 bridgehead atoms. The van der Waals surface area contributed by atoms with E-state index in [1.165, 1.54) is 19.2 Å². The highest BCUT2D eigenvalue weighted by Crippen LogP contribution is 2.18. The number of esters is 1. The Kier molecular flexibility index (Phi) is 11.6. The minimum atomic E-state index is -0.982. The van der Waals surface area contributed by atoms with Crippen LogP contribution in [0.1, 0.15) is 70.8 Å². The van der Waals surface area contributed by atoms with Crippen molar-refractivity contribution in [2.24, 2.45) is 0 Å². The van der Waals surface area contributed by atoms with Gasteiger partial charge in [-0.25, -0.2) is 23.8 Å². The first-order valence-electron chi connectivity index (χ1n) is 11.9. The van der Waals surface area contributed by atoms with Gasteiger partial charge in [-0.05, 0) is 79.0 Å². The fourth-order valence-corrected chi connectivity index (χ4v) is 2.81. The summed E-state index contributed by atoms with van der Waals surface area (Å²) >= 11 is 0. The van der Waals surface area contributed by atoms with Crippen LogP contribution < -0.4 is 10.7 Å². The summed E-state index contributed by atoms with van der Waals surface area (Å²) in [7, 11) is 1.34. The quantitative estimate of drug-likeness (QED) is 0.0681. The molecule has 2 N–H and O–H groups in total. The highest BCUT2D eigenvalue weighted by Gasteiger charge is 2.25. The van der Waals surface area contributed by atoms with E-state index < -0.39 is 46.5 Å². The van der Waals surface area contributed by atoms with Crippen molar-refractivity contribution >= 4 is 23.9 Å². The highest BCUT2D eigenvalue weighted by atomic mass is 19.1. The Morgan fingerprint density at radius 3 is 2.22 bits per heavy atom. The second-order valence-corrected chi connectivity index (χ2v) is 10.1. The predicted molar refractivity (Wildman–Crippen MR) is 135 cm³/mol. The Hall–Kier alpha value is -3.63. The first-order chi connectivity index (χ1) is 17.0. The third-order valence-electron chi connectivity index (χ3n) is 4.40. The van der Waals surface area contributed by atoms with Gasteiger partial charge in [0.25, 0.3) is 0 Å². The minimum Gasteiger partial charge on any atom is -0.462 e. The smallest absolute Gasteiger partial charge is 0.428 e. The molecule has 0 fully saturated rings. The molecule has 11 heteroatoms. The van der Waals surface area contributed by atoms with E-state index in [0.29, 0.717) is 24.9 Å². The molecule has 2 amide bonds. The van der Waals surface area contributed by atoms with Gasteiger partial charge >= 0.3 is 18.2 Å². The summed E-state index contributed by atoms with van der Waals surface area (Å²) in [6.45, 7) is 12.2. The summed E-state index contributed by atoms with van der Waals surface area (Å²) < 4.78 is 29.9. The average Bonchev–Trinajstić information content (AvgIpc) is 2.75. The third-order valence-corrected chi connectivity index (χ3v) is 4.40. The van der Waals surface area contributed by atoms with Crippen molar-refractivity contribution in [2.45, 2.75) is 72.5 Å². The second kappa shape index (κ2) is 13.6. The number of carbonyl (C=O) groups is 4. The molecule has 0 atom stereocenters.